The van der Waals surface area contributed by atoms with E-state index in [1.54, 1.807) is 0 Å². The van der Waals surface area contributed by atoms with Crippen molar-refractivity contribution in [2.75, 3.05) is 6.61 Å². The third-order valence-electron chi connectivity index (χ3n) is 13.2. The summed E-state index contributed by atoms with van der Waals surface area (Å²) in [4.78, 5) is 0. The smallest absolute Gasteiger partial charge is 0.261 e. The molecule has 6 aromatic carbocycles. The molecule has 0 unspecified atom stereocenters. The summed E-state index contributed by atoms with van der Waals surface area (Å²) >= 11 is 0. The zero-order chi connectivity index (χ0) is 43.8. The van der Waals surface area contributed by atoms with E-state index in [0.29, 0.717) is 6.61 Å². The van der Waals surface area contributed by atoms with Crippen LogP contribution in [0.25, 0.3) is 0 Å². The maximum atomic E-state index is 8.46. The van der Waals surface area contributed by atoms with Crippen molar-refractivity contribution in [3.8, 4) is 0 Å². The Morgan fingerprint density at radius 1 is 0.355 bits per heavy atom. The fourth-order valence-electron chi connectivity index (χ4n) is 10.4. The van der Waals surface area contributed by atoms with Crippen LogP contribution in [0, 0.1) is 0 Å². The first-order chi connectivity index (χ1) is 29.6. The molecule has 2 fully saturated rings. The Balaban J connectivity index is 1.43. The summed E-state index contributed by atoms with van der Waals surface area (Å²) in [7, 11) is -9.67. The zero-order valence-electron chi connectivity index (χ0n) is 38.0. The monoisotopic (exact) mass is 876 g/mol. The summed E-state index contributed by atoms with van der Waals surface area (Å²) in [6.07, 6.45) is -2.90. The Kier molecular flexibility index (Phi) is 12.4. The lowest BCUT2D eigenvalue weighted by molar-refractivity contribution is -0.215. The Hall–Kier alpha value is -4.23. The van der Waals surface area contributed by atoms with Crippen LogP contribution in [0.2, 0.25) is 15.1 Å². The standard InChI is InChI=1S/C54H64O5Si3/c1-52(2,3)60(41-28-16-10-17-29-41,42-30-18-11-19-31-42)57-48-47-40-55-51(56-47)50(59-62(54(7,8)9,45-36-24-14-25-37-45)46-38-26-15-27-39-46)49(48)58-61(53(4,5)6,43-32-20-12-21-33-43)44-34-22-13-23-35-44/h10-39,47-51H,40H2,1-9H3/t47-,48-,49+,50-,51+/m1/s1. The predicted molar refractivity (Wildman–Crippen MR) is 262 cm³/mol. The minimum absolute atomic E-state index is 0.303. The number of hydrogen-bond acceptors (Lipinski definition) is 5. The van der Waals surface area contributed by atoms with Crippen molar-refractivity contribution < 1.29 is 22.8 Å². The lowest BCUT2D eigenvalue weighted by atomic mass is 10.0. The molecule has 0 aliphatic carbocycles. The molecule has 0 N–H and O–H groups in total. The molecule has 0 radical (unpaired) electrons. The van der Waals surface area contributed by atoms with Gasteiger partial charge in [0.05, 0.1) is 6.61 Å². The van der Waals surface area contributed by atoms with Crippen molar-refractivity contribution in [2.24, 2.45) is 0 Å². The molecule has 62 heavy (non-hydrogen) atoms. The van der Waals surface area contributed by atoms with Crippen molar-refractivity contribution in [2.45, 2.75) is 108 Å². The number of ether oxygens (including phenoxy) is 2. The highest BCUT2D eigenvalue weighted by molar-refractivity contribution is 7.01. The van der Waals surface area contributed by atoms with E-state index in [2.05, 4.69) is 244 Å². The zero-order valence-corrected chi connectivity index (χ0v) is 41.0. The molecule has 5 nitrogen and oxygen atoms in total. The molecule has 0 amide bonds. The van der Waals surface area contributed by atoms with E-state index < -0.39 is 55.7 Å². The highest BCUT2D eigenvalue weighted by Gasteiger charge is 2.64. The summed E-state index contributed by atoms with van der Waals surface area (Å²) in [5.74, 6) is 0. The van der Waals surface area contributed by atoms with E-state index in [0.717, 1.165) is 0 Å². The van der Waals surface area contributed by atoms with Crippen molar-refractivity contribution in [3.05, 3.63) is 182 Å². The molecular formula is C54H64O5Si3. The first kappa shape index (κ1) is 44.4. The van der Waals surface area contributed by atoms with Crippen LogP contribution in [0.15, 0.2) is 182 Å². The van der Waals surface area contributed by atoms with Crippen LogP contribution in [-0.4, -0.2) is 62.3 Å². The number of benzene rings is 6. The number of hydrogen-bond donors (Lipinski definition) is 0. The van der Waals surface area contributed by atoms with E-state index in [-0.39, 0.29) is 15.1 Å². The molecule has 5 atom stereocenters. The minimum atomic E-state index is -3.25. The molecule has 2 heterocycles. The summed E-state index contributed by atoms with van der Waals surface area (Å²) in [5.41, 5.74) is 0. The van der Waals surface area contributed by atoms with Crippen molar-refractivity contribution in [3.63, 3.8) is 0 Å². The summed E-state index contributed by atoms with van der Waals surface area (Å²) in [6.45, 7) is 21.4. The van der Waals surface area contributed by atoms with E-state index in [4.69, 9.17) is 22.8 Å². The fourth-order valence-corrected chi connectivity index (χ4v) is 24.5. The van der Waals surface area contributed by atoms with Crippen LogP contribution >= 0.6 is 0 Å². The van der Waals surface area contributed by atoms with Crippen LogP contribution in [0.3, 0.4) is 0 Å². The van der Waals surface area contributed by atoms with Gasteiger partial charge in [-0.2, -0.15) is 0 Å². The van der Waals surface area contributed by atoms with Crippen LogP contribution < -0.4 is 31.1 Å². The minimum Gasteiger partial charge on any atom is -0.399 e. The summed E-state index contributed by atoms with van der Waals surface area (Å²) < 4.78 is 39.0. The second-order valence-corrected chi connectivity index (χ2v) is 32.9. The molecule has 2 aliphatic heterocycles. The van der Waals surface area contributed by atoms with Gasteiger partial charge in [0.1, 0.15) is 24.4 Å². The maximum Gasteiger partial charge on any atom is 0.261 e. The first-order valence-electron chi connectivity index (χ1n) is 22.3. The van der Waals surface area contributed by atoms with E-state index in [1.165, 1.54) is 31.1 Å². The van der Waals surface area contributed by atoms with Gasteiger partial charge in [0.2, 0.25) is 0 Å². The van der Waals surface area contributed by atoms with Crippen LogP contribution in [0.4, 0.5) is 0 Å². The average Bonchev–Trinajstić information content (AvgIpc) is 3.71. The molecule has 0 aromatic heterocycles. The van der Waals surface area contributed by atoms with Gasteiger partial charge in [-0.05, 0) is 46.2 Å². The molecule has 0 saturated carbocycles. The Bertz CT molecular complexity index is 2110. The number of rotatable bonds is 12. The van der Waals surface area contributed by atoms with E-state index in [1.807, 2.05) is 0 Å². The normalized spacial score (nSPS) is 21.1. The second kappa shape index (κ2) is 17.4. The van der Waals surface area contributed by atoms with Gasteiger partial charge in [-0.1, -0.05) is 244 Å². The van der Waals surface area contributed by atoms with E-state index >= 15 is 0 Å². The van der Waals surface area contributed by atoms with Gasteiger partial charge in [0.25, 0.3) is 25.0 Å². The molecule has 6 aromatic rings. The second-order valence-electron chi connectivity index (χ2n) is 20.1. The summed E-state index contributed by atoms with van der Waals surface area (Å²) in [6, 6.07) is 65.4. The first-order valence-corrected chi connectivity index (χ1v) is 28.0. The third kappa shape index (κ3) is 7.77. The molecule has 8 heteroatoms. The molecule has 0 spiro atoms. The van der Waals surface area contributed by atoms with Crippen LogP contribution in [0.1, 0.15) is 62.3 Å². The van der Waals surface area contributed by atoms with Gasteiger partial charge in [-0.3, -0.25) is 0 Å². The molecular weight excluding hydrogens is 813 g/mol. The quantitative estimate of drug-likeness (QED) is 0.115. The molecule has 8 rings (SSSR count). The molecule has 322 valence electrons. The van der Waals surface area contributed by atoms with Gasteiger partial charge >= 0.3 is 0 Å². The van der Waals surface area contributed by atoms with Crippen LogP contribution in [0.5, 0.6) is 0 Å². The third-order valence-corrected chi connectivity index (χ3v) is 28.3. The van der Waals surface area contributed by atoms with Crippen molar-refractivity contribution >= 4 is 56.1 Å². The van der Waals surface area contributed by atoms with E-state index in [9.17, 15) is 0 Å². The van der Waals surface area contributed by atoms with Crippen molar-refractivity contribution in [1.29, 1.82) is 0 Å². The van der Waals surface area contributed by atoms with Gasteiger partial charge in [-0.15, -0.1) is 0 Å². The van der Waals surface area contributed by atoms with Gasteiger partial charge in [0, 0.05) is 0 Å². The number of fused-ring (bicyclic) bond motifs is 2. The Morgan fingerprint density at radius 2 is 0.597 bits per heavy atom. The topological polar surface area (TPSA) is 46.2 Å². The largest absolute Gasteiger partial charge is 0.399 e. The maximum absolute atomic E-state index is 8.46. The average molecular weight is 877 g/mol. The predicted octanol–water partition coefficient (Wildman–Crippen LogP) is 8.58. The van der Waals surface area contributed by atoms with Crippen molar-refractivity contribution in [1.82, 2.24) is 0 Å². The lowest BCUT2D eigenvalue weighted by Crippen LogP contribution is -2.76. The Labute approximate surface area is 373 Å². The van der Waals surface area contributed by atoms with Gasteiger partial charge < -0.3 is 22.8 Å². The molecule has 2 saturated heterocycles. The Morgan fingerprint density at radius 3 is 0.855 bits per heavy atom. The molecule has 2 bridgehead atoms. The summed E-state index contributed by atoms with van der Waals surface area (Å²) in [5, 5.41) is 6.24. The molecule has 2 aliphatic rings. The highest BCUT2D eigenvalue weighted by Crippen LogP contribution is 2.47. The van der Waals surface area contributed by atoms with Gasteiger partial charge in [0.15, 0.2) is 6.29 Å². The highest BCUT2D eigenvalue weighted by atomic mass is 28.4. The lowest BCUT2D eigenvalue weighted by Gasteiger charge is -2.55. The fraction of sp³-hybridized carbons (Fsp3) is 0.333. The van der Waals surface area contributed by atoms with Gasteiger partial charge in [-0.25, -0.2) is 0 Å². The SMILES string of the molecule is CC(C)(C)[Si](O[C@@H]1[C@@H](O[Si](c2ccccc2)(c2ccccc2)C(C)(C)C)[C@H]2OC[C@@H](O2)[C@H]1O[Si](c1ccccc1)(c1ccccc1)C(C)(C)C)(c1ccccc1)c1ccccc1. The van der Waals surface area contributed by atoms with Crippen LogP contribution in [-0.2, 0) is 22.8 Å².